The maximum Gasteiger partial charge on any atom is 0.408 e. The Kier molecular flexibility index (Phi) is 4.83. The first-order chi connectivity index (χ1) is 6.39. The summed E-state index contributed by atoms with van der Waals surface area (Å²) in [5, 5.41) is 2.26. The fourth-order valence-electron chi connectivity index (χ4n) is 0.711. The van der Waals surface area contributed by atoms with Crippen molar-refractivity contribution in [2.24, 2.45) is 0 Å². The average Bonchev–Trinajstić information content (AvgIpc) is 2.00. The van der Waals surface area contributed by atoms with Gasteiger partial charge in [-0.25, -0.2) is 4.79 Å². The van der Waals surface area contributed by atoms with E-state index < -0.39 is 17.7 Å². The topological polar surface area (TPSA) is 72.5 Å². The number of ether oxygens (including phenoxy) is 1. The molecule has 1 amide bonds. The van der Waals surface area contributed by atoms with Crippen molar-refractivity contribution in [3.63, 3.8) is 0 Å². The van der Waals surface area contributed by atoms with Crippen molar-refractivity contribution in [3.05, 3.63) is 0 Å². The van der Waals surface area contributed by atoms with E-state index in [1.54, 1.807) is 20.8 Å². The summed E-state index contributed by atoms with van der Waals surface area (Å²) >= 11 is 0. The lowest BCUT2D eigenvalue weighted by Crippen LogP contribution is -2.40. The normalized spacial score (nSPS) is 12.8. The molecular weight excluding hydrogens is 186 g/mol. The largest absolute Gasteiger partial charge is 0.444 e. The summed E-state index contributed by atoms with van der Waals surface area (Å²) in [6, 6.07) is -0.803. The summed E-state index contributed by atoms with van der Waals surface area (Å²) in [4.78, 5) is 31.6. The third-order valence-electron chi connectivity index (χ3n) is 1.22. The number of alkyl carbamates (subject to hydrolysis) is 1. The lowest BCUT2D eigenvalue weighted by molar-refractivity contribution is -0.113. The molecule has 0 aromatic carbocycles. The molecule has 0 fully saturated rings. The van der Waals surface area contributed by atoms with Gasteiger partial charge in [0.25, 0.3) is 0 Å². The maximum atomic E-state index is 11.1. The van der Waals surface area contributed by atoms with E-state index in [-0.39, 0.29) is 6.42 Å². The van der Waals surface area contributed by atoms with Crippen LogP contribution >= 0.6 is 0 Å². The van der Waals surface area contributed by atoms with Crippen LogP contribution in [0.5, 0.6) is 0 Å². The SMILES string of the molecule is CC(C)(C)OC(=O)NC(C=O)CC=O. The first-order valence-corrected chi connectivity index (χ1v) is 4.27. The van der Waals surface area contributed by atoms with Crippen molar-refractivity contribution in [2.45, 2.75) is 38.8 Å². The van der Waals surface area contributed by atoms with Gasteiger partial charge in [0.1, 0.15) is 18.2 Å². The minimum absolute atomic E-state index is 0.0389. The molecule has 1 N–H and O–H groups in total. The lowest BCUT2D eigenvalue weighted by atomic mass is 10.2. The second-order valence-corrected chi connectivity index (χ2v) is 3.79. The highest BCUT2D eigenvalue weighted by molar-refractivity contribution is 5.75. The molecular formula is C9H15NO4. The van der Waals surface area contributed by atoms with Crippen LogP contribution in [0.1, 0.15) is 27.2 Å². The molecule has 5 nitrogen and oxygen atoms in total. The minimum Gasteiger partial charge on any atom is -0.444 e. The lowest BCUT2D eigenvalue weighted by Gasteiger charge is -2.20. The van der Waals surface area contributed by atoms with Crippen LogP contribution in [0.25, 0.3) is 0 Å². The number of carbonyl (C=O) groups is 3. The fourth-order valence-corrected chi connectivity index (χ4v) is 0.711. The highest BCUT2D eigenvalue weighted by Gasteiger charge is 2.18. The highest BCUT2D eigenvalue weighted by Crippen LogP contribution is 2.06. The standard InChI is InChI=1S/C9H15NO4/c1-9(2,3)14-8(13)10-7(6-12)4-5-11/h5-7H,4H2,1-3H3,(H,10,13). The first kappa shape index (κ1) is 12.6. The average molecular weight is 201 g/mol. The van der Waals surface area contributed by atoms with Crippen LogP contribution in [0.4, 0.5) is 4.79 Å². The quantitative estimate of drug-likeness (QED) is 0.678. The Morgan fingerprint density at radius 2 is 2.00 bits per heavy atom. The molecule has 0 aliphatic carbocycles. The summed E-state index contributed by atoms with van der Waals surface area (Å²) in [6.07, 6.45) is 0.328. The third-order valence-corrected chi connectivity index (χ3v) is 1.22. The molecule has 0 bridgehead atoms. The Morgan fingerprint density at radius 1 is 1.43 bits per heavy atom. The second kappa shape index (κ2) is 5.36. The van der Waals surface area contributed by atoms with Gasteiger partial charge in [-0.05, 0) is 20.8 Å². The number of hydrogen-bond donors (Lipinski definition) is 1. The molecule has 0 rings (SSSR count). The Morgan fingerprint density at radius 3 is 2.36 bits per heavy atom. The zero-order valence-electron chi connectivity index (χ0n) is 8.57. The summed E-state index contributed by atoms with van der Waals surface area (Å²) < 4.78 is 4.89. The van der Waals surface area contributed by atoms with Crippen LogP contribution in [-0.4, -0.2) is 30.3 Å². The molecule has 0 aromatic rings. The first-order valence-electron chi connectivity index (χ1n) is 4.27. The Balaban J connectivity index is 4.03. The van der Waals surface area contributed by atoms with Crippen molar-refractivity contribution in [2.75, 3.05) is 0 Å². The maximum absolute atomic E-state index is 11.1. The van der Waals surface area contributed by atoms with E-state index in [2.05, 4.69) is 5.32 Å². The zero-order chi connectivity index (χ0) is 11.2. The van der Waals surface area contributed by atoms with Crippen LogP contribution in [0.2, 0.25) is 0 Å². The van der Waals surface area contributed by atoms with E-state index >= 15 is 0 Å². The Hall–Kier alpha value is -1.39. The van der Waals surface area contributed by atoms with Crippen LogP contribution in [-0.2, 0) is 14.3 Å². The highest BCUT2D eigenvalue weighted by atomic mass is 16.6. The molecule has 0 heterocycles. The minimum atomic E-state index is -0.803. The van der Waals surface area contributed by atoms with Gasteiger partial charge >= 0.3 is 6.09 Å². The molecule has 0 saturated carbocycles. The van der Waals surface area contributed by atoms with Gasteiger partial charge in [-0.15, -0.1) is 0 Å². The van der Waals surface area contributed by atoms with E-state index in [4.69, 9.17) is 4.74 Å². The summed E-state index contributed by atoms with van der Waals surface area (Å²) in [5.41, 5.74) is -0.612. The Bertz CT molecular complexity index is 219. The third kappa shape index (κ3) is 6.16. The molecule has 0 aromatic heterocycles. The smallest absolute Gasteiger partial charge is 0.408 e. The van der Waals surface area contributed by atoms with Gasteiger partial charge in [-0.2, -0.15) is 0 Å². The van der Waals surface area contributed by atoms with E-state index in [1.165, 1.54) is 0 Å². The van der Waals surface area contributed by atoms with E-state index in [0.717, 1.165) is 0 Å². The number of carbonyl (C=O) groups excluding carboxylic acids is 3. The van der Waals surface area contributed by atoms with Crippen LogP contribution in [0, 0.1) is 0 Å². The van der Waals surface area contributed by atoms with Gasteiger partial charge in [0.2, 0.25) is 0 Å². The molecule has 1 atom stereocenters. The van der Waals surface area contributed by atoms with Crippen molar-refractivity contribution in [3.8, 4) is 0 Å². The predicted octanol–water partition coefficient (Wildman–Crippen LogP) is 0.668. The van der Waals surface area contributed by atoms with Crippen molar-refractivity contribution in [1.29, 1.82) is 0 Å². The number of hydrogen-bond acceptors (Lipinski definition) is 4. The number of nitrogens with one attached hydrogen (secondary N) is 1. The van der Waals surface area contributed by atoms with Gasteiger partial charge in [0, 0.05) is 6.42 Å². The molecule has 80 valence electrons. The molecule has 5 heteroatoms. The van der Waals surface area contributed by atoms with Gasteiger partial charge in [0.15, 0.2) is 0 Å². The molecule has 1 unspecified atom stereocenters. The summed E-state index contributed by atoms with van der Waals surface area (Å²) in [6.45, 7) is 5.13. The Labute approximate surface area is 82.8 Å². The monoisotopic (exact) mass is 201 g/mol. The zero-order valence-corrected chi connectivity index (χ0v) is 8.57. The molecule has 0 spiro atoms. The molecule has 14 heavy (non-hydrogen) atoms. The van der Waals surface area contributed by atoms with Crippen molar-refractivity contribution in [1.82, 2.24) is 5.32 Å². The van der Waals surface area contributed by atoms with E-state index in [1.807, 2.05) is 0 Å². The van der Waals surface area contributed by atoms with Gasteiger partial charge in [-0.3, -0.25) is 0 Å². The van der Waals surface area contributed by atoms with Gasteiger partial charge in [-0.1, -0.05) is 0 Å². The summed E-state index contributed by atoms with van der Waals surface area (Å²) in [5.74, 6) is 0. The van der Waals surface area contributed by atoms with Gasteiger partial charge < -0.3 is 19.6 Å². The number of amides is 1. The van der Waals surface area contributed by atoms with E-state index in [0.29, 0.717) is 12.6 Å². The van der Waals surface area contributed by atoms with Crippen molar-refractivity contribution < 1.29 is 19.1 Å². The van der Waals surface area contributed by atoms with Crippen LogP contribution < -0.4 is 5.32 Å². The predicted molar refractivity (Wildman–Crippen MR) is 49.9 cm³/mol. The van der Waals surface area contributed by atoms with Gasteiger partial charge in [0.05, 0.1) is 6.04 Å². The van der Waals surface area contributed by atoms with Crippen LogP contribution in [0.15, 0.2) is 0 Å². The number of rotatable bonds is 4. The molecule has 0 saturated heterocycles. The molecule has 0 aliphatic rings. The van der Waals surface area contributed by atoms with Crippen molar-refractivity contribution >= 4 is 18.7 Å². The number of aldehydes is 2. The van der Waals surface area contributed by atoms with E-state index in [9.17, 15) is 14.4 Å². The molecule has 0 radical (unpaired) electrons. The molecule has 0 aliphatic heterocycles. The van der Waals surface area contributed by atoms with Crippen LogP contribution in [0.3, 0.4) is 0 Å². The summed E-state index contributed by atoms with van der Waals surface area (Å²) in [7, 11) is 0. The second-order valence-electron chi connectivity index (χ2n) is 3.79. The fraction of sp³-hybridized carbons (Fsp3) is 0.667.